The van der Waals surface area contributed by atoms with Gasteiger partial charge >= 0.3 is 0 Å². The second-order valence-corrected chi connectivity index (χ2v) is 4.01. The van der Waals surface area contributed by atoms with Crippen molar-refractivity contribution in [2.45, 2.75) is 32.0 Å². The molecule has 1 saturated heterocycles. The fraction of sp³-hybridized carbons (Fsp3) is 0.429. The SMILES string of the molecule is C=CCc1ccccc1OC1CCCCO1. The van der Waals surface area contributed by atoms with Gasteiger partial charge in [0, 0.05) is 6.42 Å². The molecule has 1 aromatic rings. The number of hydrogen-bond donors (Lipinski definition) is 0. The predicted molar refractivity (Wildman–Crippen MR) is 64.6 cm³/mol. The molecule has 0 amide bonds. The zero-order valence-electron chi connectivity index (χ0n) is 9.52. The summed E-state index contributed by atoms with van der Waals surface area (Å²) in [7, 11) is 0. The molecule has 1 aliphatic heterocycles. The van der Waals surface area contributed by atoms with Crippen LogP contribution < -0.4 is 4.74 Å². The normalized spacial score (nSPS) is 20.4. The Labute approximate surface area is 96.9 Å². The minimum Gasteiger partial charge on any atom is -0.465 e. The number of ether oxygens (including phenoxy) is 2. The zero-order valence-corrected chi connectivity index (χ0v) is 9.52. The van der Waals surface area contributed by atoms with Crippen LogP contribution in [0.2, 0.25) is 0 Å². The quantitative estimate of drug-likeness (QED) is 0.722. The van der Waals surface area contributed by atoms with Crippen LogP contribution in [-0.2, 0) is 11.2 Å². The molecule has 2 heteroatoms. The van der Waals surface area contributed by atoms with Gasteiger partial charge in [0.15, 0.2) is 6.29 Å². The van der Waals surface area contributed by atoms with E-state index in [4.69, 9.17) is 9.47 Å². The average Bonchev–Trinajstić information content (AvgIpc) is 2.33. The highest BCUT2D eigenvalue weighted by Gasteiger charge is 2.16. The molecule has 0 saturated carbocycles. The number of rotatable bonds is 4. The highest BCUT2D eigenvalue weighted by atomic mass is 16.7. The summed E-state index contributed by atoms with van der Waals surface area (Å²) in [5.74, 6) is 0.925. The summed E-state index contributed by atoms with van der Waals surface area (Å²) in [6, 6.07) is 8.08. The fourth-order valence-electron chi connectivity index (χ4n) is 1.89. The van der Waals surface area contributed by atoms with Gasteiger partial charge in [-0.05, 0) is 30.9 Å². The van der Waals surface area contributed by atoms with Crippen LogP contribution in [0, 0.1) is 0 Å². The van der Waals surface area contributed by atoms with Gasteiger partial charge in [-0.15, -0.1) is 6.58 Å². The number of benzene rings is 1. The monoisotopic (exact) mass is 218 g/mol. The average molecular weight is 218 g/mol. The molecule has 1 aromatic carbocycles. The van der Waals surface area contributed by atoms with Crippen LogP contribution in [0.4, 0.5) is 0 Å². The second-order valence-electron chi connectivity index (χ2n) is 4.01. The van der Waals surface area contributed by atoms with E-state index in [9.17, 15) is 0 Å². The van der Waals surface area contributed by atoms with E-state index >= 15 is 0 Å². The number of hydrogen-bond acceptors (Lipinski definition) is 2. The first-order valence-corrected chi connectivity index (χ1v) is 5.87. The molecule has 0 radical (unpaired) electrons. The van der Waals surface area contributed by atoms with E-state index in [1.54, 1.807) is 0 Å². The number of para-hydroxylation sites is 1. The maximum absolute atomic E-state index is 5.87. The lowest BCUT2D eigenvalue weighted by molar-refractivity contribution is -0.106. The molecular formula is C14H18O2. The Balaban J connectivity index is 2.04. The van der Waals surface area contributed by atoms with Crippen LogP contribution in [0.3, 0.4) is 0 Å². The number of allylic oxidation sites excluding steroid dienone is 1. The molecule has 16 heavy (non-hydrogen) atoms. The van der Waals surface area contributed by atoms with Crippen molar-refractivity contribution in [1.29, 1.82) is 0 Å². The van der Waals surface area contributed by atoms with Crippen molar-refractivity contribution in [2.75, 3.05) is 6.61 Å². The largest absolute Gasteiger partial charge is 0.465 e. The third-order valence-electron chi connectivity index (χ3n) is 2.73. The first kappa shape index (κ1) is 11.2. The van der Waals surface area contributed by atoms with E-state index in [1.807, 2.05) is 24.3 Å². The molecule has 1 unspecified atom stereocenters. The van der Waals surface area contributed by atoms with Crippen molar-refractivity contribution in [3.05, 3.63) is 42.5 Å². The van der Waals surface area contributed by atoms with Crippen LogP contribution in [-0.4, -0.2) is 12.9 Å². The lowest BCUT2D eigenvalue weighted by Gasteiger charge is -2.24. The van der Waals surface area contributed by atoms with Gasteiger partial charge in [-0.1, -0.05) is 24.3 Å². The zero-order chi connectivity index (χ0) is 11.2. The molecule has 1 fully saturated rings. The van der Waals surface area contributed by atoms with Gasteiger partial charge < -0.3 is 9.47 Å². The summed E-state index contributed by atoms with van der Waals surface area (Å²) in [5.41, 5.74) is 1.17. The Morgan fingerprint density at radius 2 is 2.25 bits per heavy atom. The van der Waals surface area contributed by atoms with E-state index in [1.165, 1.54) is 12.0 Å². The summed E-state index contributed by atoms with van der Waals surface area (Å²) >= 11 is 0. The van der Waals surface area contributed by atoms with Gasteiger partial charge in [0.2, 0.25) is 0 Å². The molecule has 0 spiro atoms. The van der Waals surface area contributed by atoms with Gasteiger partial charge in [0.25, 0.3) is 0 Å². The van der Waals surface area contributed by atoms with Gasteiger partial charge in [-0.3, -0.25) is 0 Å². The summed E-state index contributed by atoms with van der Waals surface area (Å²) in [5, 5.41) is 0. The van der Waals surface area contributed by atoms with E-state index in [0.717, 1.165) is 31.6 Å². The maximum Gasteiger partial charge on any atom is 0.199 e. The lowest BCUT2D eigenvalue weighted by Crippen LogP contribution is -2.25. The molecule has 0 N–H and O–H groups in total. The molecule has 1 aliphatic rings. The van der Waals surface area contributed by atoms with Gasteiger partial charge in [-0.2, -0.15) is 0 Å². The first-order chi connectivity index (χ1) is 7.90. The minimum atomic E-state index is -0.0697. The first-order valence-electron chi connectivity index (χ1n) is 5.87. The molecule has 86 valence electrons. The Bertz CT molecular complexity index is 340. The smallest absolute Gasteiger partial charge is 0.199 e. The molecule has 0 bridgehead atoms. The topological polar surface area (TPSA) is 18.5 Å². The second kappa shape index (κ2) is 5.71. The highest BCUT2D eigenvalue weighted by Crippen LogP contribution is 2.23. The van der Waals surface area contributed by atoms with E-state index in [2.05, 4.69) is 12.6 Å². The van der Waals surface area contributed by atoms with Crippen LogP contribution >= 0.6 is 0 Å². The molecule has 1 atom stereocenters. The molecule has 0 aromatic heterocycles. The predicted octanol–water partition coefficient (Wildman–Crippen LogP) is 3.32. The molecule has 2 rings (SSSR count). The van der Waals surface area contributed by atoms with E-state index in [-0.39, 0.29) is 6.29 Å². The van der Waals surface area contributed by atoms with Crippen molar-refractivity contribution in [3.63, 3.8) is 0 Å². The van der Waals surface area contributed by atoms with Crippen molar-refractivity contribution >= 4 is 0 Å². The van der Waals surface area contributed by atoms with Crippen LogP contribution in [0.25, 0.3) is 0 Å². The van der Waals surface area contributed by atoms with Crippen molar-refractivity contribution < 1.29 is 9.47 Å². The molecule has 1 heterocycles. The lowest BCUT2D eigenvalue weighted by atomic mass is 10.1. The highest BCUT2D eigenvalue weighted by molar-refractivity contribution is 5.34. The Morgan fingerprint density at radius 3 is 3.00 bits per heavy atom. The summed E-state index contributed by atoms with van der Waals surface area (Å²) in [6.45, 7) is 4.57. The van der Waals surface area contributed by atoms with Gasteiger partial charge in [-0.25, -0.2) is 0 Å². The molecule has 0 aliphatic carbocycles. The van der Waals surface area contributed by atoms with Gasteiger partial charge in [0.1, 0.15) is 5.75 Å². The minimum absolute atomic E-state index is 0.0697. The third kappa shape index (κ3) is 2.86. The van der Waals surface area contributed by atoms with Gasteiger partial charge in [0.05, 0.1) is 6.61 Å². The van der Waals surface area contributed by atoms with E-state index in [0.29, 0.717) is 0 Å². The molecule has 2 nitrogen and oxygen atoms in total. The Kier molecular flexibility index (Phi) is 4.00. The van der Waals surface area contributed by atoms with Crippen LogP contribution in [0.5, 0.6) is 5.75 Å². The van der Waals surface area contributed by atoms with Crippen LogP contribution in [0.15, 0.2) is 36.9 Å². The van der Waals surface area contributed by atoms with Crippen molar-refractivity contribution in [1.82, 2.24) is 0 Å². The summed E-state index contributed by atoms with van der Waals surface area (Å²) < 4.78 is 11.4. The summed E-state index contributed by atoms with van der Waals surface area (Å²) in [4.78, 5) is 0. The Hall–Kier alpha value is -1.28. The fourth-order valence-corrected chi connectivity index (χ4v) is 1.89. The Morgan fingerprint density at radius 1 is 1.38 bits per heavy atom. The third-order valence-corrected chi connectivity index (χ3v) is 2.73. The summed E-state index contributed by atoms with van der Waals surface area (Å²) in [6.07, 6.45) is 5.98. The standard InChI is InChI=1S/C14H18O2/c1-2-7-12-8-3-4-9-13(12)16-14-10-5-6-11-15-14/h2-4,8-9,14H,1,5-7,10-11H2. The van der Waals surface area contributed by atoms with Crippen molar-refractivity contribution in [3.8, 4) is 5.75 Å². The van der Waals surface area contributed by atoms with Crippen LogP contribution in [0.1, 0.15) is 24.8 Å². The van der Waals surface area contributed by atoms with E-state index < -0.39 is 0 Å². The van der Waals surface area contributed by atoms with Crippen molar-refractivity contribution in [2.24, 2.45) is 0 Å². The molecular weight excluding hydrogens is 200 g/mol. The maximum atomic E-state index is 5.87.